The molecule has 10 nitrogen and oxygen atoms in total. The van der Waals surface area contributed by atoms with E-state index >= 15 is 0 Å². The van der Waals surface area contributed by atoms with Crippen molar-refractivity contribution in [2.24, 2.45) is 0 Å². The third kappa shape index (κ3) is 8.33. The van der Waals surface area contributed by atoms with Crippen LogP contribution < -0.4 is 25.8 Å². The molecule has 228 valence electrons. The van der Waals surface area contributed by atoms with Crippen molar-refractivity contribution < 1.29 is 14.3 Å². The molecule has 0 aliphatic carbocycles. The number of rotatable bonds is 13. The Labute approximate surface area is 258 Å². The van der Waals surface area contributed by atoms with Crippen molar-refractivity contribution in [2.75, 3.05) is 78.9 Å². The number of benzene rings is 3. The largest absolute Gasteiger partial charge is 0.380 e. The van der Waals surface area contributed by atoms with E-state index in [9.17, 15) is 4.79 Å². The molecule has 1 aliphatic heterocycles. The summed E-state index contributed by atoms with van der Waals surface area (Å²) in [4.78, 5) is 26.0. The molecular weight excluding hydrogens is 554 g/mol. The molecule has 1 saturated heterocycles. The van der Waals surface area contributed by atoms with Crippen LogP contribution in [0.3, 0.4) is 0 Å². The van der Waals surface area contributed by atoms with Crippen molar-refractivity contribution in [3.05, 3.63) is 91.5 Å². The molecule has 0 unspecified atom stereocenters. The number of carbonyl (C=O) groups is 1. The molecule has 1 amide bonds. The maximum Gasteiger partial charge on any atom is 0.247 e. The van der Waals surface area contributed by atoms with Gasteiger partial charge in [-0.15, -0.1) is 0 Å². The summed E-state index contributed by atoms with van der Waals surface area (Å²) < 4.78 is 11.0. The minimum Gasteiger partial charge on any atom is -0.380 e. The van der Waals surface area contributed by atoms with E-state index in [0.29, 0.717) is 36.4 Å². The fourth-order valence-corrected chi connectivity index (χ4v) is 4.81. The second-order valence-electron chi connectivity index (χ2n) is 10.3. The molecule has 1 aliphatic rings. The van der Waals surface area contributed by atoms with Gasteiger partial charge in [0, 0.05) is 73.4 Å². The molecule has 0 radical (unpaired) electrons. The van der Waals surface area contributed by atoms with E-state index < -0.39 is 0 Å². The van der Waals surface area contributed by atoms with Crippen molar-refractivity contribution >= 4 is 46.1 Å². The zero-order valence-corrected chi connectivity index (χ0v) is 25.3. The normalized spacial score (nSPS) is 12.8. The number of hydrogen-bond acceptors (Lipinski definition) is 9. The Morgan fingerprint density at radius 1 is 0.977 bits per heavy atom. The highest BCUT2D eigenvalue weighted by atomic mass is 16.5. The number of likely N-dealkylation sites (N-methyl/N-ethyl adjacent to an activating group) is 1. The van der Waals surface area contributed by atoms with E-state index in [-0.39, 0.29) is 5.91 Å². The average molecular weight is 594 g/mol. The number of carbonyl (C=O) groups excluding carboxylic acids is 1. The molecule has 3 aromatic carbocycles. The van der Waals surface area contributed by atoms with Crippen LogP contribution in [0.15, 0.2) is 91.5 Å². The highest BCUT2D eigenvalue weighted by Crippen LogP contribution is 2.29. The molecule has 10 heteroatoms. The summed E-state index contributed by atoms with van der Waals surface area (Å²) in [6, 6.07) is 25.8. The Hall–Kier alpha value is -4.93. The van der Waals surface area contributed by atoms with Gasteiger partial charge in [-0.25, -0.2) is 4.98 Å². The minimum atomic E-state index is -0.277. The lowest BCUT2D eigenvalue weighted by atomic mass is 10.1. The Kier molecular flexibility index (Phi) is 10.4. The number of aromatic nitrogens is 2. The summed E-state index contributed by atoms with van der Waals surface area (Å²) in [6.07, 6.45) is 1.24. The van der Waals surface area contributed by atoms with Crippen LogP contribution in [0.4, 0.5) is 40.2 Å². The predicted molar refractivity (Wildman–Crippen MR) is 179 cm³/mol. The van der Waals surface area contributed by atoms with Crippen LogP contribution in [-0.2, 0) is 14.3 Å². The third-order valence-corrected chi connectivity index (χ3v) is 7.17. The smallest absolute Gasteiger partial charge is 0.247 e. The van der Waals surface area contributed by atoms with E-state index in [2.05, 4.69) is 56.6 Å². The molecule has 5 rings (SSSR count). The highest BCUT2D eigenvalue weighted by Gasteiger charge is 2.13. The molecule has 0 bridgehead atoms. The number of anilines is 7. The Morgan fingerprint density at radius 3 is 2.52 bits per heavy atom. The van der Waals surface area contributed by atoms with Crippen LogP contribution >= 0.6 is 0 Å². The summed E-state index contributed by atoms with van der Waals surface area (Å²) in [6.45, 7) is 10.9. The van der Waals surface area contributed by atoms with Crippen LogP contribution in [0.5, 0.6) is 0 Å². The van der Waals surface area contributed by atoms with Gasteiger partial charge < -0.3 is 35.2 Å². The van der Waals surface area contributed by atoms with Gasteiger partial charge in [-0.2, -0.15) is 4.98 Å². The molecule has 0 spiro atoms. The van der Waals surface area contributed by atoms with E-state index in [1.807, 2.05) is 68.6 Å². The third-order valence-electron chi connectivity index (χ3n) is 7.17. The van der Waals surface area contributed by atoms with Crippen LogP contribution in [0, 0.1) is 0 Å². The van der Waals surface area contributed by atoms with E-state index in [4.69, 9.17) is 19.4 Å². The molecule has 1 aromatic heterocycles. The first kappa shape index (κ1) is 30.5. The quantitative estimate of drug-likeness (QED) is 0.126. The first-order valence-electron chi connectivity index (χ1n) is 14.8. The van der Waals surface area contributed by atoms with Gasteiger partial charge in [-0.1, -0.05) is 24.8 Å². The number of amides is 1. The zero-order valence-electron chi connectivity index (χ0n) is 25.3. The van der Waals surface area contributed by atoms with Crippen molar-refractivity contribution in [2.45, 2.75) is 6.92 Å². The summed E-state index contributed by atoms with van der Waals surface area (Å²) >= 11 is 0. The van der Waals surface area contributed by atoms with Gasteiger partial charge in [0.1, 0.15) is 5.82 Å². The molecular formula is C34H39N7O3. The van der Waals surface area contributed by atoms with Gasteiger partial charge in [0.25, 0.3) is 0 Å². The Bertz CT molecular complexity index is 1560. The summed E-state index contributed by atoms with van der Waals surface area (Å²) in [5.74, 6) is 0.785. The van der Waals surface area contributed by atoms with Crippen molar-refractivity contribution in [3.63, 3.8) is 0 Å². The fraction of sp³-hybridized carbons (Fsp3) is 0.265. The standard InChI is InChI=1S/C34H39N7O3/c1-4-33(42)36-27-9-6-8-25(22-27)31-24-32(35-26-12-14-29(15-13-26)41-17-20-44-21-18-41)39-34(38-31)37-28-10-7-11-30(23-28)40(3)16-19-43-5-2/h4,6-15,22-24H,1,5,16-21H2,2-3H3,(H,36,42)(H2,35,37,38,39). The Balaban J connectivity index is 1.42. The number of nitrogens with zero attached hydrogens (tertiary/aromatic N) is 4. The van der Waals surface area contributed by atoms with Gasteiger partial charge >= 0.3 is 0 Å². The van der Waals surface area contributed by atoms with Gasteiger partial charge in [-0.3, -0.25) is 4.79 Å². The molecule has 1 fully saturated rings. The van der Waals surface area contributed by atoms with Crippen LogP contribution in [0.25, 0.3) is 11.3 Å². The summed E-state index contributed by atoms with van der Waals surface area (Å²) in [5, 5.41) is 9.66. The van der Waals surface area contributed by atoms with Crippen LogP contribution in [0.1, 0.15) is 6.92 Å². The molecule has 2 heterocycles. The topological polar surface area (TPSA) is 104 Å². The lowest BCUT2D eigenvalue weighted by Crippen LogP contribution is -2.36. The number of nitrogens with one attached hydrogen (secondary N) is 3. The average Bonchev–Trinajstić information content (AvgIpc) is 3.05. The summed E-state index contributed by atoms with van der Waals surface area (Å²) in [7, 11) is 2.04. The monoisotopic (exact) mass is 593 g/mol. The Morgan fingerprint density at radius 2 is 1.75 bits per heavy atom. The maximum atomic E-state index is 11.9. The van der Waals surface area contributed by atoms with Gasteiger partial charge in [0.05, 0.1) is 25.5 Å². The number of hydrogen-bond donors (Lipinski definition) is 3. The zero-order chi connectivity index (χ0) is 30.7. The van der Waals surface area contributed by atoms with E-state index in [1.54, 1.807) is 0 Å². The van der Waals surface area contributed by atoms with Gasteiger partial charge in [-0.05, 0) is 67.6 Å². The number of morpholine rings is 1. The van der Waals surface area contributed by atoms with E-state index in [0.717, 1.165) is 61.2 Å². The second-order valence-corrected chi connectivity index (χ2v) is 10.3. The van der Waals surface area contributed by atoms with Crippen molar-refractivity contribution in [1.82, 2.24) is 9.97 Å². The first-order valence-corrected chi connectivity index (χ1v) is 14.8. The van der Waals surface area contributed by atoms with Gasteiger partial charge in [0.2, 0.25) is 11.9 Å². The van der Waals surface area contributed by atoms with Crippen LogP contribution in [0.2, 0.25) is 0 Å². The van der Waals surface area contributed by atoms with E-state index in [1.165, 1.54) is 6.08 Å². The first-order chi connectivity index (χ1) is 21.5. The molecule has 44 heavy (non-hydrogen) atoms. The lowest BCUT2D eigenvalue weighted by Gasteiger charge is -2.28. The van der Waals surface area contributed by atoms with Crippen molar-refractivity contribution in [1.29, 1.82) is 0 Å². The molecule has 0 atom stereocenters. The SMILES string of the molecule is C=CC(=O)Nc1cccc(-c2cc(Nc3ccc(N4CCOCC4)cc3)nc(Nc3cccc(N(C)CCOCC)c3)n2)c1. The maximum absolute atomic E-state index is 11.9. The summed E-state index contributed by atoms with van der Waals surface area (Å²) in [5.41, 5.74) is 6.14. The predicted octanol–water partition coefficient (Wildman–Crippen LogP) is 6.06. The second kappa shape index (κ2) is 15.0. The highest BCUT2D eigenvalue weighted by molar-refractivity contribution is 5.99. The van der Waals surface area contributed by atoms with Crippen LogP contribution in [-0.4, -0.2) is 69.0 Å². The number of ether oxygens (including phenoxy) is 2. The fourth-order valence-electron chi connectivity index (χ4n) is 4.81. The molecule has 0 saturated carbocycles. The molecule has 3 N–H and O–H groups in total. The minimum absolute atomic E-state index is 0.277. The van der Waals surface area contributed by atoms with Gasteiger partial charge in [0.15, 0.2) is 0 Å². The molecule has 4 aromatic rings. The van der Waals surface area contributed by atoms with Crippen molar-refractivity contribution in [3.8, 4) is 11.3 Å². The lowest BCUT2D eigenvalue weighted by molar-refractivity contribution is -0.111.